The highest BCUT2D eigenvalue weighted by Crippen LogP contribution is 2.30. The van der Waals surface area contributed by atoms with E-state index in [1.54, 1.807) is 6.92 Å². The molecular weight excluding hydrogens is 384 g/mol. The Morgan fingerprint density at radius 1 is 1.20 bits per heavy atom. The highest BCUT2D eigenvalue weighted by atomic mass is 79.9. The summed E-state index contributed by atoms with van der Waals surface area (Å²) in [5, 5.41) is 0.702. The van der Waals surface area contributed by atoms with Crippen molar-refractivity contribution in [3.8, 4) is 5.75 Å². The van der Waals surface area contributed by atoms with Crippen LogP contribution in [0.3, 0.4) is 0 Å². The topological polar surface area (TPSA) is 48.7 Å². The Balaban J connectivity index is 1.88. The Hall–Kier alpha value is -2.27. The second-order valence-electron chi connectivity index (χ2n) is 6.03. The van der Waals surface area contributed by atoms with Gasteiger partial charge in [0, 0.05) is 15.4 Å². The van der Waals surface area contributed by atoms with Gasteiger partial charge in [0.15, 0.2) is 0 Å². The second kappa shape index (κ2) is 7.31. The lowest BCUT2D eigenvalue weighted by Crippen LogP contribution is -2.12. The number of fused-ring (bicyclic) bond motifs is 1. The van der Waals surface area contributed by atoms with Crippen molar-refractivity contribution in [1.29, 1.82) is 0 Å². The van der Waals surface area contributed by atoms with Gasteiger partial charge in [0.05, 0.1) is 6.10 Å². The van der Waals surface area contributed by atoms with E-state index in [-0.39, 0.29) is 12.1 Å². The van der Waals surface area contributed by atoms with Gasteiger partial charge in [-0.05, 0) is 45.0 Å². The standard InChI is InChI=1S/C20H19BrO4/c1-12(2)24-20(22)19-13(3)25-18-9-8-15(10-16(18)19)23-11-14-6-4-5-7-17(14)21/h4-10,12H,11H2,1-3H3. The van der Waals surface area contributed by atoms with Crippen LogP contribution in [0.15, 0.2) is 51.4 Å². The summed E-state index contributed by atoms with van der Waals surface area (Å²) >= 11 is 3.51. The maximum atomic E-state index is 12.4. The van der Waals surface area contributed by atoms with Gasteiger partial charge in [-0.1, -0.05) is 34.1 Å². The van der Waals surface area contributed by atoms with Crippen LogP contribution in [0.5, 0.6) is 5.75 Å². The predicted molar refractivity (Wildman–Crippen MR) is 100.0 cm³/mol. The molecule has 0 aliphatic heterocycles. The molecule has 0 amide bonds. The summed E-state index contributed by atoms with van der Waals surface area (Å²) in [4.78, 5) is 12.4. The number of furan rings is 1. The zero-order chi connectivity index (χ0) is 18.0. The van der Waals surface area contributed by atoms with E-state index in [2.05, 4.69) is 15.9 Å². The van der Waals surface area contributed by atoms with Crippen molar-refractivity contribution in [2.24, 2.45) is 0 Å². The monoisotopic (exact) mass is 402 g/mol. The first-order valence-electron chi connectivity index (χ1n) is 8.06. The maximum absolute atomic E-state index is 12.4. The van der Waals surface area contributed by atoms with Gasteiger partial charge in [0.2, 0.25) is 0 Å². The van der Waals surface area contributed by atoms with E-state index in [1.807, 2.05) is 56.3 Å². The molecule has 3 rings (SSSR count). The molecule has 0 atom stereocenters. The molecule has 5 heteroatoms. The summed E-state index contributed by atoms with van der Waals surface area (Å²) in [5.74, 6) is 0.834. The van der Waals surface area contributed by atoms with Crippen LogP contribution < -0.4 is 4.74 Å². The van der Waals surface area contributed by atoms with Crippen molar-refractivity contribution < 1.29 is 18.7 Å². The number of halogens is 1. The average molecular weight is 403 g/mol. The molecule has 1 aromatic heterocycles. The summed E-state index contributed by atoms with van der Waals surface area (Å²) in [6, 6.07) is 13.4. The van der Waals surface area contributed by atoms with Gasteiger partial charge < -0.3 is 13.9 Å². The van der Waals surface area contributed by atoms with E-state index < -0.39 is 0 Å². The number of ether oxygens (including phenoxy) is 2. The molecule has 0 radical (unpaired) electrons. The first-order valence-corrected chi connectivity index (χ1v) is 8.85. The number of aryl methyl sites for hydroxylation is 1. The molecule has 3 aromatic rings. The number of hydrogen-bond donors (Lipinski definition) is 0. The minimum absolute atomic E-state index is 0.188. The number of esters is 1. The third kappa shape index (κ3) is 3.87. The molecule has 0 spiro atoms. The normalized spacial score (nSPS) is 11.1. The minimum atomic E-state index is -0.380. The number of carbonyl (C=O) groups is 1. The Morgan fingerprint density at radius 2 is 1.96 bits per heavy atom. The van der Waals surface area contributed by atoms with Crippen molar-refractivity contribution in [2.45, 2.75) is 33.5 Å². The molecule has 130 valence electrons. The summed E-state index contributed by atoms with van der Waals surface area (Å²) in [6.07, 6.45) is -0.188. The van der Waals surface area contributed by atoms with Gasteiger partial charge >= 0.3 is 5.97 Å². The van der Waals surface area contributed by atoms with E-state index >= 15 is 0 Å². The molecule has 25 heavy (non-hydrogen) atoms. The number of rotatable bonds is 5. The Bertz CT molecular complexity index is 911. The van der Waals surface area contributed by atoms with Crippen molar-refractivity contribution >= 4 is 32.9 Å². The summed E-state index contributed by atoms with van der Waals surface area (Å²) in [6.45, 7) is 5.83. The highest BCUT2D eigenvalue weighted by molar-refractivity contribution is 9.10. The smallest absolute Gasteiger partial charge is 0.342 e. The molecule has 1 heterocycles. The summed E-state index contributed by atoms with van der Waals surface area (Å²) in [5.41, 5.74) is 2.14. The molecule has 0 fully saturated rings. The van der Waals surface area contributed by atoms with E-state index in [0.29, 0.717) is 34.6 Å². The van der Waals surface area contributed by atoms with Crippen LogP contribution in [0.1, 0.15) is 35.5 Å². The van der Waals surface area contributed by atoms with Crippen LogP contribution in [0.2, 0.25) is 0 Å². The first kappa shape index (κ1) is 17.5. The molecule has 2 aromatic carbocycles. The van der Waals surface area contributed by atoms with Gasteiger partial charge in [-0.3, -0.25) is 0 Å². The fourth-order valence-electron chi connectivity index (χ4n) is 2.59. The van der Waals surface area contributed by atoms with Crippen molar-refractivity contribution in [3.63, 3.8) is 0 Å². The Labute approximate surface area is 154 Å². The molecule has 0 saturated heterocycles. The third-order valence-corrected chi connectivity index (χ3v) is 4.51. The largest absolute Gasteiger partial charge is 0.489 e. The van der Waals surface area contributed by atoms with Crippen LogP contribution in [-0.4, -0.2) is 12.1 Å². The lowest BCUT2D eigenvalue weighted by Gasteiger charge is -2.09. The fraction of sp³-hybridized carbons (Fsp3) is 0.250. The highest BCUT2D eigenvalue weighted by Gasteiger charge is 2.21. The first-order chi connectivity index (χ1) is 12.0. The van der Waals surface area contributed by atoms with Crippen molar-refractivity contribution in [3.05, 3.63) is 63.8 Å². The quantitative estimate of drug-likeness (QED) is 0.517. The predicted octanol–water partition coefficient (Wildman–Crippen LogP) is 5.65. The summed E-state index contributed by atoms with van der Waals surface area (Å²) in [7, 11) is 0. The lowest BCUT2D eigenvalue weighted by atomic mass is 10.1. The van der Waals surface area contributed by atoms with Crippen LogP contribution >= 0.6 is 15.9 Å². The number of hydrogen-bond acceptors (Lipinski definition) is 4. The van der Waals surface area contributed by atoms with Gasteiger partial charge in [0.25, 0.3) is 0 Å². The third-order valence-electron chi connectivity index (χ3n) is 3.73. The van der Waals surface area contributed by atoms with E-state index in [0.717, 1.165) is 10.0 Å². The zero-order valence-corrected chi connectivity index (χ0v) is 15.9. The van der Waals surface area contributed by atoms with Crippen LogP contribution in [-0.2, 0) is 11.3 Å². The van der Waals surface area contributed by atoms with E-state index in [1.165, 1.54) is 0 Å². The van der Waals surface area contributed by atoms with Crippen LogP contribution in [0.25, 0.3) is 11.0 Å². The SMILES string of the molecule is Cc1oc2ccc(OCc3ccccc3Br)cc2c1C(=O)OC(C)C. The van der Waals surface area contributed by atoms with Crippen LogP contribution in [0, 0.1) is 6.92 Å². The zero-order valence-electron chi connectivity index (χ0n) is 14.3. The second-order valence-corrected chi connectivity index (χ2v) is 6.88. The van der Waals surface area contributed by atoms with Crippen molar-refractivity contribution in [1.82, 2.24) is 0 Å². The van der Waals surface area contributed by atoms with Gasteiger partial charge in [-0.25, -0.2) is 4.79 Å². The van der Waals surface area contributed by atoms with Gasteiger partial charge in [0.1, 0.15) is 29.3 Å². The molecule has 4 nitrogen and oxygen atoms in total. The number of benzene rings is 2. The fourth-order valence-corrected chi connectivity index (χ4v) is 2.99. The molecular formula is C20H19BrO4. The maximum Gasteiger partial charge on any atom is 0.342 e. The average Bonchev–Trinajstić information content (AvgIpc) is 2.88. The Morgan fingerprint density at radius 3 is 2.68 bits per heavy atom. The van der Waals surface area contributed by atoms with E-state index in [4.69, 9.17) is 13.9 Å². The lowest BCUT2D eigenvalue weighted by molar-refractivity contribution is 0.0378. The Kier molecular flexibility index (Phi) is 5.13. The number of carbonyl (C=O) groups excluding carboxylic acids is 1. The molecule has 0 unspecified atom stereocenters. The van der Waals surface area contributed by atoms with Crippen molar-refractivity contribution in [2.75, 3.05) is 0 Å². The van der Waals surface area contributed by atoms with E-state index in [9.17, 15) is 4.79 Å². The molecule has 0 bridgehead atoms. The molecule has 0 N–H and O–H groups in total. The molecule has 0 saturated carbocycles. The molecule has 0 aliphatic carbocycles. The van der Waals surface area contributed by atoms with Gasteiger partial charge in [-0.15, -0.1) is 0 Å². The minimum Gasteiger partial charge on any atom is -0.489 e. The summed E-state index contributed by atoms with van der Waals surface area (Å²) < 4.78 is 17.9. The van der Waals surface area contributed by atoms with Gasteiger partial charge in [-0.2, -0.15) is 0 Å². The van der Waals surface area contributed by atoms with Crippen LogP contribution in [0.4, 0.5) is 0 Å². The molecule has 0 aliphatic rings.